The van der Waals surface area contributed by atoms with Gasteiger partial charge in [0.25, 0.3) is 0 Å². The van der Waals surface area contributed by atoms with Crippen molar-refractivity contribution in [2.24, 2.45) is 0 Å². The molecule has 1 unspecified atom stereocenters. The fourth-order valence-corrected chi connectivity index (χ4v) is 2.33. The molecule has 118 valence electrons. The molecule has 4 heteroatoms. The third kappa shape index (κ3) is 8.06. The van der Waals surface area contributed by atoms with Crippen LogP contribution in [0.2, 0.25) is 0 Å². The van der Waals surface area contributed by atoms with E-state index in [1.165, 1.54) is 5.56 Å². The molecule has 2 atom stereocenters. The average molecular weight is 384 g/mol. The molecule has 2 aromatic carbocycles. The molecule has 2 aromatic rings. The van der Waals surface area contributed by atoms with E-state index in [-0.39, 0.29) is 58.2 Å². The van der Waals surface area contributed by atoms with Gasteiger partial charge in [0.2, 0.25) is 0 Å². The number of hydrogen-bond donors (Lipinski definition) is 1. The zero-order valence-corrected chi connectivity index (χ0v) is 19.2. The van der Waals surface area contributed by atoms with Crippen molar-refractivity contribution in [2.45, 2.75) is 25.5 Å². The number of nitrogens with zero attached hydrogens (tertiary/aromatic N) is 1. The first-order chi connectivity index (χ1) is 10.6. The quantitative estimate of drug-likeness (QED) is 0.641. The average Bonchev–Trinajstić information content (AvgIpc) is 2.55. The van der Waals surface area contributed by atoms with Crippen LogP contribution in [0.25, 0.3) is 0 Å². The van der Waals surface area contributed by atoms with Gasteiger partial charge in [0.15, 0.2) is 0 Å². The van der Waals surface area contributed by atoms with Gasteiger partial charge in [-0.25, -0.2) is 0 Å². The molecule has 0 aliphatic rings. The van der Waals surface area contributed by atoms with E-state index < -0.39 is 6.10 Å². The van der Waals surface area contributed by atoms with Crippen molar-refractivity contribution < 1.29 is 68.0 Å². The van der Waals surface area contributed by atoms with Crippen LogP contribution in [-0.4, -0.2) is 42.4 Å². The van der Waals surface area contributed by atoms with Crippen LogP contribution in [0.3, 0.4) is 0 Å². The molecular formula is C19H24NO2Rb. The second-order valence-electron chi connectivity index (χ2n) is 5.68. The summed E-state index contributed by atoms with van der Waals surface area (Å²) < 4.78 is 5.59. The summed E-state index contributed by atoms with van der Waals surface area (Å²) in [7, 11) is 2.03. The van der Waals surface area contributed by atoms with E-state index in [9.17, 15) is 5.11 Å². The van der Waals surface area contributed by atoms with Crippen molar-refractivity contribution in [1.29, 1.82) is 0 Å². The Morgan fingerprint density at radius 2 is 1.78 bits per heavy atom. The number of para-hydroxylation sites is 1. The summed E-state index contributed by atoms with van der Waals surface area (Å²) in [5.41, 5.74) is 1.29. The smallest absolute Gasteiger partial charge is 0.491 e. The largest absolute Gasteiger partial charge is 1.00 e. The SMILES string of the molecule is CC(Cc1cc[c-]cc1)N(C)C[C@H](O)COc1ccccc1.[Rb+]. The van der Waals surface area contributed by atoms with E-state index in [2.05, 4.69) is 30.0 Å². The van der Waals surface area contributed by atoms with E-state index in [1.54, 1.807) is 0 Å². The van der Waals surface area contributed by atoms with Gasteiger partial charge < -0.3 is 14.7 Å². The Labute approximate surface area is 188 Å². The van der Waals surface area contributed by atoms with Gasteiger partial charge in [-0.1, -0.05) is 18.2 Å². The van der Waals surface area contributed by atoms with Gasteiger partial charge in [0.1, 0.15) is 18.5 Å². The summed E-state index contributed by atoms with van der Waals surface area (Å²) in [6.07, 6.45) is 0.453. The van der Waals surface area contributed by atoms with Gasteiger partial charge in [0.05, 0.1) is 0 Å². The molecule has 0 aliphatic carbocycles. The van der Waals surface area contributed by atoms with Gasteiger partial charge in [-0.3, -0.25) is 0 Å². The van der Waals surface area contributed by atoms with Crippen molar-refractivity contribution in [1.82, 2.24) is 4.90 Å². The molecule has 0 saturated heterocycles. The predicted octanol–water partition coefficient (Wildman–Crippen LogP) is -0.207. The molecule has 0 spiro atoms. The minimum atomic E-state index is -0.503. The van der Waals surface area contributed by atoms with Crippen LogP contribution in [-0.2, 0) is 6.42 Å². The Bertz CT molecular complexity index is 536. The Kier molecular flexibility index (Phi) is 10.5. The Balaban J connectivity index is 0.00000264. The zero-order chi connectivity index (χ0) is 15.8. The van der Waals surface area contributed by atoms with Crippen LogP contribution in [0.4, 0.5) is 0 Å². The van der Waals surface area contributed by atoms with Crippen LogP contribution >= 0.6 is 0 Å². The van der Waals surface area contributed by atoms with Gasteiger partial charge >= 0.3 is 58.2 Å². The minimum Gasteiger partial charge on any atom is -0.491 e. The van der Waals surface area contributed by atoms with E-state index in [0.717, 1.165) is 12.2 Å². The number of aliphatic hydroxyl groups excluding tert-OH is 1. The first-order valence-corrected chi connectivity index (χ1v) is 7.66. The number of ether oxygens (including phenoxy) is 1. The van der Waals surface area contributed by atoms with Crippen LogP contribution in [0.5, 0.6) is 5.75 Å². The van der Waals surface area contributed by atoms with Gasteiger partial charge in [-0.05, 0) is 32.5 Å². The van der Waals surface area contributed by atoms with Crippen molar-refractivity contribution in [3.05, 3.63) is 66.2 Å². The molecule has 2 rings (SSSR count). The van der Waals surface area contributed by atoms with Crippen LogP contribution in [0.1, 0.15) is 12.5 Å². The molecule has 0 saturated carbocycles. The Morgan fingerprint density at radius 1 is 1.13 bits per heavy atom. The van der Waals surface area contributed by atoms with E-state index >= 15 is 0 Å². The van der Waals surface area contributed by atoms with Crippen molar-refractivity contribution in [2.75, 3.05) is 20.2 Å². The van der Waals surface area contributed by atoms with E-state index in [0.29, 0.717) is 19.2 Å². The van der Waals surface area contributed by atoms with Gasteiger partial charge in [0, 0.05) is 12.6 Å². The standard InChI is InChI=1S/C19H24NO2.Rb/c1-16(13-17-9-5-3-6-10-17)20(2)14-18(21)15-22-19-11-7-4-8-12-19;/h4-12,16,18,21H,13-15H2,1-2H3;/q-1;+1/t16?,18-;/m0./s1. The van der Waals surface area contributed by atoms with E-state index in [4.69, 9.17) is 4.74 Å². The summed E-state index contributed by atoms with van der Waals surface area (Å²) in [5, 5.41) is 10.1. The molecule has 1 N–H and O–H groups in total. The third-order valence-electron chi connectivity index (χ3n) is 3.76. The van der Waals surface area contributed by atoms with Crippen molar-refractivity contribution >= 4 is 0 Å². The maximum Gasteiger partial charge on any atom is 1.00 e. The summed E-state index contributed by atoms with van der Waals surface area (Å²) in [4.78, 5) is 2.16. The maximum absolute atomic E-state index is 10.1. The summed E-state index contributed by atoms with van der Waals surface area (Å²) in [6.45, 7) is 3.07. The second-order valence-corrected chi connectivity index (χ2v) is 5.68. The molecule has 0 fully saturated rings. The van der Waals surface area contributed by atoms with E-state index in [1.807, 2.05) is 49.5 Å². The zero-order valence-electron chi connectivity index (χ0n) is 14.3. The van der Waals surface area contributed by atoms with Gasteiger partial charge in [-0.2, -0.15) is 35.9 Å². The molecular weight excluding hydrogens is 360 g/mol. The summed E-state index contributed by atoms with van der Waals surface area (Å²) in [5.74, 6) is 0.790. The molecule has 0 amide bonds. The molecule has 0 heterocycles. The topological polar surface area (TPSA) is 32.7 Å². The number of hydrogen-bond acceptors (Lipinski definition) is 3. The fraction of sp³-hybridized carbons (Fsp3) is 0.368. The number of rotatable bonds is 8. The summed E-state index contributed by atoms with van der Waals surface area (Å²) in [6, 6.07) is 21.0. The van der Waals surface area contributed by atoms with Crippen LogP contribution < -0.4 is 62.9 Å². The van der Waals surface area contributed by atoms with Crippen molar-refractivity contribution in [3.8, 4) is 5.75 Å². The third-order valence-corrected chi connectivity index (χ3v) is 3.76. The Morgan fingerprint density at radius 3 is 2.43 bits per heavy atom. The first kappa shape index (κ1) is 21.0. The summed E-state index contributed by atoms with van der Waals surface area (Å²) >= 11 is 0. The predicted molar refractivity (Wildman–Crippen MR) is 89.0 cm³/mol. The Hall–Kier alpha value is -0.0348. The van der Waals surface area contributed by atoms with Gasteiger partial charge in [-0.15, -0.1) is 0 Å². The van der Waals surface area contributed by atoms with Crippen molar-refractivity contribution in [3.63, 3.8) is 0 Å². The van der Waals surface area contributed by atoms with Crippen LogP contribution in [0.15, 0.2) is 54.6 Å². The van der Waals surface area contributed by atoms with Crippen LogP contribution in [0, 0.1) is 6.07 Å². The number of aliphatic hydroxyl groups is 1. The monoisotopic (exact) mass is 383 g/mol. The minimum absolute atomic E-state index is 0. The first-order valence-electron chi connectivity index (χ1n) is 7.66. The molecule has 23 heavy (non-hydrogen) atoms. The molecule has 0 aliphatic heterocycles. The molecule has 3 nitrogen and oxygen atoms in total. The molecule has 0 aromatic heterocycles. The number of benzene rings is 2. The second kappa shape index (κ2) is 11.5. The maximum atomic E-state index is 10.1. The number of likely N-dealkylation sites (N-methyl/N-ethyl adjacent to an activating group) is 1. The normalized spacial score (nSPS) is 13.2. The molecule has 0 bridgehead atoms. The fourth-order valence-electron chi connectivity index (χ4n) is 2.33. The molecule has 0 radical (unpaired) electrons.